The molecule has 2 aliphatic rings. The Bertz CT molecular complexity index is 3890. The third kappa shape index (κ3) is 7.62. The summed E-state index contributed by atoms with van der Waals surface area (Å²) in [6.45, 7) is 0.794. The van der Waals surface area contributed by atoms with E-state index < -0.39 is 10.8 Å². The number of benzene rings is 11. The van der Waals surface area contributed by atoms with Gasteiger partial charge in [0.05, 0.1) is 10.8 Å². The maximum Gasteiger partial charge on any atom is 0.148 e. The van der Waals surface area contributed by atoms with Crippen LogP contribution in [0, 0.1) is 49.4 Å². The first-order valence-electron chi connectivity index (χ1n) is 25.3. The Balaban J connectivity index is 0.00000596. The molecular formula is C73H50O4. The smallest absolute Gasteiger partial charge is 0.148 e. The highest BCUT2D eigenvalue weighted by atomic mass is 16.5. The van der Waals surface area contributed by atoms with E-state index in [0.29, 0.717) is 0 Å². The standard InChI is InChI=1S/C72H46O4.CH4/c1-5-33-73-59-29-21-47-37-55(25-17-51(47)41-59)71(56-26-18-52-42-60(74-34-6-2)30-22-48(52)38-56)67-15-11-9-13-63(67)65-46-70-66(45-69(65)71)64-14-10-12-16-68(64)72(70,57-27-19-53-43-61(75-35-7-3)31-23-49(53)39-57)58-28-20-54-44-62(76-36-8-4)32-24-50(54)40-58;/h1-4,9-32,37-46H,33-36H2;1H4. The van der Waals surface area contributed by atoms with Crippen LogP contribution in [0.15, 0.2) is 206 Å². The molecule has 0 fully saturated rings. The molecule has 0 amide bonds. The van der Waals surface area contributed by atoms with Crippen molar-refractivity contribution in [3.8, 4) is 94.6 Å². The quantitative estimate of drug-likeness (QED) is 0.114. The number of rotatable bonds is 12. The molecule has 0 radical (unpaired) electrons. The van der Waals surface area contributed by atoms with Gasteiger partial charge in [-0.25, -0.2) is 0 Å². The van der Waals surface area contributed by atoms with Crippen molar-refractivity contribution in [1.29, 1.82) is 0 Å². The van der Waals surface area contributed by atoms with E-state index in [4.69, 9.17) is 44.6 Å². The van der Waals surface area contributed by atoms with Gasteiger partial charge < -0.3 is 18.9 Å². The zero-order valence-electron chi connectivity index (χ0n) is 41.4. The molecule has 0 aromatic heterocycles. The van der Waals surface area contributed by atoms with Crippen molar-refractivity contribution in [2.24, 2.45) is 0 Å². The molecule has 77 heavy (non-hydrogen) atoms. The second-order valence-electron chi connectivity index (χ2n) is 19.4. The van der Waals surface area contributed by atoms with Gasteiger partial charge in [0.15, 0.2) is 0 Å². The van der Waals surface area contributed by atoms with Crippen LogP contribution < -0.4 is 18.9 Å². The van der Waals surface area contributed by atoms with Crippen molar-refractivity contribution in [2.75, 3.05) is 26.4 Å². The molecule has 11 aromatic rings. The lowest BCUT2D eigenvalue weighted by atomic mass is 9.65. The highest BCUT2D eigenvalue weighted by Gasteiger charge is 2.51. The van der Waals surface area contributed by atoms with E-state index in [1.165, 1.54) is 44.5 Å². The maximum atomic E-state index is 5.90. The van der Waals surface area contributed by atoms with Gasteiger partial charge in [-0.05, 0) is 195 Å². The molecule has 0 aliphatic heterocycles. The summed E-state index contributed by atoms with van der Waals surface area (Å²) >= 11 is 0. The van der Waals surface area contributed by atoms with Gasteiger partial charge in [-0.15, -0.1) is 25.7 Å². The molecule has 0 saturated heterocycles. The van der Waals surface area contributed by atoms with E-state index in [1.807, 2.05) is 24.3 Å². The third-order valence-corrected chi connectivity index (χ3v) is 15.5. The Morgan fingerprint density at radius 2 is 0.532 bits per heavy atom. The van der Waals surface area contributed by atoms with E-state index in [1.54, 1.807) is 0 Å². The molecule has 0 bridgehead atoms. The summed E-state index contributed by atoms with van der Waals surface area (Å²) in [5.41, 5.74) is 12.6. The lowest BCUT2D eigenvalue weighted by Gasteiger charge is -2.36. The molecule has 0 spiro atoms. The summed E-state index contributed by atoms with van der Waals surface area (Å²) in [6, 6.07) is 75.2. The summed E-state index contributed by atoms with van der Waals surface area (Å²) in [5, 5.41) is 8.61. The Morgan fingerprint density at radius 1 is 0.273 bits per heavy atom. The number of terminal acetylenes is 4. The molecule has 0 N–H and O–H groups in total. The highest BCUT2D eigenvalue weighted by Crippen LogP contribution is 2.63. The van der Waals surface area contributed by atoms with Crippen molar-refractivity contribution >= 4 is 43.1 Å². The van der Waals surface area contributed by atoms with Gasteiger partial charge in [0.2, 0.25) is 0 Å². The molecule has 4 heteroatoms. The molecular weight excluding hydrogens is 941 g/mol. The van der Waals surface area contributed by atoms with Crippen molar-refractivity contribution < 1.29 is 18.9 Å². The van der Waals surface area contributed by atoms with Crippen LogP contribution in [-0.4, -0.2) is 26.4 Å². The number of fused-ring (bicyclic) bond motifs is 10. The van der Waals surface area contributed by atoms with Crippen LogP contribution in [0.3, 0.4) is 0 Å². The zero-order valence-corrected chi connectivity index (χ0v) is 41.4. The molecule has 0 atom stereocenters. The minimum atomic E-state index is -0.759. The van der Waals surface area contributed by atoms with Crippen molar-refractivity contribution in [1.82, 2.24) is 0 Å². The van der Waals surface area contributed by atoms with Gasteiger partial charge in [0, 0.05) is 0 Å². The topological polar surface area (TPSA) is 36.9 Å². The van der Waals surface area contributed by atoms with Crippen LogP contribution in [0.4, 0.5) is 0 Å². The number of ether oxygens (including phenoxy) is 4. The predicted molar refractivity (Wildman–Crippen MR) is 315 cm³/mol. The minimum Gasteiger partial charge on any atom is -0.481 e. The van der Waals surface area contributed by atoms with Crippen molar-refractivity contribution in [3.63, 3.8) is 0 Å². The summed E-state index contributed by atoms with van der Waals surface area (Å²) in [5.74, 6) is 13.3. The second kappa shape index (κ2) is 19.3. The lowest BCUT2D eigenvalue weighted by Crippen LogP contribution is -2.30. The molecule has 366 valence electrons. The van der Waals surface area contributed by atoms with Gasteiger partial charge in [-0.2, -0.15) is 0 Å². The average molecular weight is 991 g/mol. The SMILES string of the molecule is C.C#CCOc1ccc2cc(C3(c4ccc5cc(OCC#C)ccc5c4)c4ccccc4-c4cc5c(cc43)-c3ccccc3C5(c3ccc4cc(OCC#C)ccc4c3)c3ccc4cc(OCC#C)ccc4c3)ccc2c1. The van der Waals surface area contributed by atoms with Crippen LogP contribution in [0.2, 0.25) is 0 Å². The molecule has 13 rings (SSSR count). The van der Waals surface area contributed by atoms with Gasteiger partial charge >= 0.3 is 0 Å². The van der Waals surface area contributed by atoms with E-state index in [9.17, 15) is 0 Å². The van der Waals surface area contributed by atoms with E-state index in [-0.39, 0.29) is 33.9 Å². The minimum absolute atomic E-state index is 0. The highest BCUT2D eigenvalue weighted by molar-refractivity contribution is 5.98. The Kier molecular flexibility index (Phi) is 12.0. The van der Waals surface area contributed by atoms with Crippen LogP contribution in [0.5, 0.6) is 23.0 Å². The second-order valence-corrected chi connectivity index (χ2v) is 19.4. The molecule has 0 saturated carbocycles. The Hall–Kier alpha value is -10.1. The predicted octanol–water partition coefficient (Wildman–Crippen LogP) is 15.7. The lowest BCUT2D eigenvalue weighted by molar-refractivity contribution is 0.371. The Labute approximate surface area is 449 Å². The zero-order chi connectivity index (χ0) is 51.4. The molecule has 4 nitrogen and oxygen atoms in total. The molecule has 2 aliphatic carbocycles. The molecule has 0 unspecified atom stereocenters. The van der Waals surface area contributed by atoms with Gasteiger partial charge in [-0.3, -0.25) is 0 Å². The first kappa shape index (κ1) is 47.9. The largest absolute Gasteiger partial charge is 0.481 e. The summed E-state index contributed by atoms with van der Waals surface area (Å²) in [4.78, 5) is 0. The van der Waals surface area contributed by atoms with Crippen molar-refractivity contribution in [3.05, 3.63) is 251 Å². The molecule has 11 aromatic carbocycles. The van der Waals surface area contributed by atoms with E-state index in [0.717, 1.165) is 88.3 Å². The van der Waals surface area contributed by atoms with Crippen LogP contribution in [-0.2, 0) is 10.8 Å². The summed E-state index contributed by atoms with van der Waals surface area (Å²) < 4.78 is 23.6. The van der Waals surface area contributed by atoms with Crippen LogP contribution in [0.25, 0.3) is 65.3 Å². The van der Waals surface area contributed by atoms with E-state index in [2.05, 4.69) is 206 Å². The van der Waals surface area contributed by atoms with Crippen molar-refractivity contribution in [2.45, 2.75) is 18.3 Å². The number of hydrogen-bond acceptors (Lipinski definition) is 4. The van der Waals surface area contributed by atoms with Gasteiger partial charge in [0.1, 0.15) is 49.4 Å². The normalized spacial score (nSPS) is 12.9. The maximum absolute atomic E-state index is 5.90. The summed E-state index contributed by atoms with van der Waals surface area (Å²) in [7, 11) is 0. The first-order chi connectivity index (χ1) is 37.4. The average Bonchev–Trinajstić information content (AvgIpc) is 4.10. The van der Waals surface area contributed by atoms with Gasteiger partial charge in [-0.1, -0.05) is 152 Å². The van der Waals surface area contributed by atoms with Crippen LogP contribution >= 0.6 is 0 Å². The van der Waals surface area contributed by atoms with E-state index >= 15 is 0 Å². The fourth-order valence-corrected chi connectivity index (χ4v) is 12.3. The Morgan fingerprint density at radius 3 is 0.818 bits per heavy atom. The fraction of sp³-hybridized carbons (Fsp3) is 0.0959. The number of hydrogen-bond donors (Lipinski definition) is 0. The fourth-order valence-electron chi connectivity index (χ4n) is 12.3. The first-order valence-corrected chi connectivity index (χ1v) is 25.3. The third-order valence-electron chi connectivity index (χ3n) is 15.5. The molecule has 0 heterocycles. The monoisotopic (exact) mass is 990 g/mol. The van der Waals surface area contributed by atoms with Gasteiger partial charge in [0.25, 0.3) is 0 Å². The van der Waals surface area contributed by atoms with Crippen LogP contribution in [0.1, 0.15) is 51.9 Å². The summed E-state index contributed by atoms with van der Waals surface area (Å²) in [6.07, 6.45) is 22.4.